The first-order valence-corrected chi connectivity index (χ1v) is 3.99. The van der Waals surface area contributed by atoms with Crippen LogP contribution in [0.4, 0.5) is 5.69 Å². The summed E-state index contributed by atoms with van der Waals surface area (Å²) in [5.74, 6) is 0.589. The van der Waals surface area contributed by atoms with Gasteiger partial charge in [-0.2, -0.15) is 0 Å². The van der Waals surface area contributed by atoms with Gasteiger partial charge in [-0.25, -0.2) is 0 Å². The van der Waals surface area contributed by atoms with Crippen LogP contribution >= 0.6 is 0 Å². The number of amides is 1. The van der Waals surface area contributed by atoms with Gasteiger partial charge in [-0.1, -0.05) is 24.8 Å². The van der Waals surface area contributed by atoms with Gasteiger partial charge >= 0.3 is 0 Å². The Balaban J connectivity index is 2.51. The highest BCUT2D eigenvalue weighted by Crippen LogP contribution is 2.31. The van der Waals surface area contributed by atoms with Gasteiger partial charge in [0.1, 0.15) is 0 Å². The Hall–Kier alpha value is -1.77. The lowest BCUT2D eigenvalue weighted by atomic mass is 10.1. The van der Waals surface area contributed by atoms with Gasteiger partial charge in [-0.15, -0.1) is 0 Å². The Morgan fingerprint density at radius 2 is 2.38 bits per heavy atom. The summed E-state index contributed by atoms with van der Waals surface area (Å²) in [4.78, 5) is 11.0. The summed E-state index contributed by atoms with van der Waals surface area (Å²) in [6, 6.07) is 5.55. The van der Waals surface area contributed by atoms with E-state index in [4.69, 9.17) is 4.74 Å². The second-order valence-corrected chi connectivity index (χ2v) is 2.76. The molecule has 1 aromatic rings. The van der Waals surface area contributed by atoms with Crippen LogP contribution in [0.5, 0.6) is 5.75 Å². The molecule has 0 spiro atoms. The Kier molecular flexibility index (Phi) is 1.77. The van der Waals surface area contributed by atoms with Crippen molar-refractivity contribution < 1.29 is 9.53 Å². The van der Waals surface area contributed by atoms with Crippen LogP contribution < -0.4 is 10.1 Å². The molecule has 0 saturated carbocycles. The zero-order valence-corrected chi connectivity index (χ0v) is 7.04. The molecule has 0 fully saturated rings. The van der Waals surface area contributed by atoms with E-state index in [1.807, 2.05) is 12.1 Å². The molecule has 1 N–H and O–H groups in total. The molecule has 3 nitrogen and oxygen atoms in total. The molecule has 3 heteroatoms. The van der Waals surface area contributed by atoms with E-state index in [2.05, 4.69) is 11.9 Å². The average Bonchev–Trinajstić information content (AvgIpc) is 2.16. The van der Waals surface area contributed by atoms with Gasteiger partial charge in [0.25, 0.3) is 5.91 Å². The highest BCUT2D eigenvalue weighted by atomic mass is 16.5. The van der Waals surface area contributed by atoms with Crippen LogP contribution in [-0.4, -0.2) is 12.5 Å². The number of carbonyl (C=O) groups excluding carboxylic acids is 1. The summed E-state index contributed by atoms with van der Waals surface area (Å²) < 4.78 is 5.27. The van der Waals surface area contributed by atoms with Gasteiger partial charge in [0.2, 0.25) is 0 Å². The van der Waals surface area contributed by atoms with Gasteiger partial charge < -0.3 is 10.1 Å². The van der Waals surface area contributed by atoms with Crippen LogP contribution in [0.15, 0.2) is 24.8 Å². The lowest BCUT2D eigenvalue weighted by Crippen LogP contribution is -2.25. The van der Waals surface area contributed by atoms with E-state index in [-0.39, 0.29) is 12.5 Å². The molecule has 0 saturated heterocycles. The number of nitrogens with one attached hydrogen (secondary N) is 1. The highest BCUT2D eigenvalue weighted by Gasteiger charge is 2.16. The lowest BCUT2D eigenvalue weighted by molar-refractivity contribution is -0.118. The lowest BCUT2D eigenvalue weighted by Gasteiger charge is -2.19. The van der Waals surface area contributed by atoms with Gasteiger partial charge in [0.15, 0.2) is 12.4 Å². The fourth-order valence-corrected chi connectivity index (χ4v) is 1.30. The number of hydrogen-bond acceptors (Lipinski definition) is 2. The fraction of sp³-hybridized carbons (Fsp3) is 0.100. The number of anilines is 1. The molecule has 13 heavy (non-hydrogen) atoms. The third-order valence-electron chi connectivity index (χ3n) is 1.89. The number of ether oxygens (including phenoxy) is 1. The maximum Gasteiger partial charge on any atom is 0.262 e. The molecule has 66 valence electrons. The maximum absolute atomic E-state index is 11.0. The summed E-state index contributed by atoms with van der Waals surface area (Å²) in [6.07, 6.45) is 1.70. The molecule has 1 aromatic carbocycles. The monoisotopic (exact) mass is 175 g/mol. The van der Waals surface area contributed by atoms with Crippen LogP contribution in [0.1, 0.15) is 5.56 Å². The molecule has 0 unspecified atom stereocenters. The molecule has 1 aliphatic rings. The third kappa shape index (κ3) is 1.28. The van der Waals surface area contributed by atoms with Gasteiger partial charge in [0, 0.05) is 5.56 Å². The standard InChI is InChI=1S/C10H9NO2/c1-2-7-4-3-5-8-10(7)13-6-9(12)11-8/h2-5H,1,6H2,(H,11,12). The smallest absolute Gasteiger partial charge is 0.262 e. The molecule has 0 atom stereocenters. The van der Waals surface area contributed by atoms with Gasteiger partial charge in [-0.05, 0) is 6.07 Å². The minimum atomic E-state index is -0.117. The highest BCUT2D eigenvalue weighted by molar-refractivity contribution is 5.96. The second kappa shape index (κ2) is 2.94. The van der Waals surface area contributed by atoms with E-state index < -0.39 is 0 Å². The van der Waals surface area contributed by atoms with Crippen molar-refractivity contribution in [3.8, 4) is 5.75 Å². The van der Waals surface area contributed by atoms with Crippen LogP contribution in [0.3, 0.4) is 0 Å². The number of fused-ring (bicyclic) bond motifs is 1. The molecular formula is C10H9NO2. The van der Waals surface area contributed by atoms with Crippen molar-refractivity contribution in [3.05, 3.63) is 30.3 Å². The van der Waals surface area contributed by atoms with Crippen LogP contribution in [0.25, 0.3) is 6.08 Å². The summed E-state index contributed by atoms with van der Waals surface area (Å²) in [6.45, 7) is 3.75. The van der Waals surface area contributed by atoms with E-state index in [1.54, 1.807) is 12.1 Å². The van der Waals surface area contributed by atoms with Gasteiger partial charge in [0.05, 0.1) is 5.69 Å². The van der Waals surface area contributed by atoms with Crippen molar-refractivity contribution in [2.45, 2.75) is 0 Å². The minimum Gasteiger partial charge on any atom is -0.481 e. The number of para-hydroxylation sites is 1. The molecule has 1 amide bonds. The molecule has 0 bridgehead atoms. The second-order valence-electron chi connectivity index (χ2n) is 2.76. The van der Waals surface area contributed by atoms with E-state index in [0.29, 0.717) is 11.4 Å². The fourth-order valence-electron chi connectivity index (χ4n) is 1.30. The molecule has 1 heterocycles. The van der Waals surface area contributed by atoms with Crippen LogP contribution in [0, 0.1) is 0 Å². The first-order chi connectivity index (χ1) is 6.31. The summed E-state index contributed by atoms with van der Waals surface area (Å²) in [5.41, 5.74) is 1.62. The Morgan fingerprint density at radius 3 is 3.15 bits per heavy atom. The number of hydrogen-bond donors (Lipinski definition) is 1. The number of rotatable bonds is 1. The van der Waals surface area contributed by atoms with Crippen molar-refractivity contribution >= 4 is 17.7 Å². The van der Waals surface area contributed by atoms with Crippen molar-refractivity contribution in [2.24, 2.45) is 0 Å². The summed E-state index contributed by atoms with van der Waals surface area (Å²) >= 11 is 0. The molecule has 2 rings (SSSR count). The van der Waals surface area contributed by atoms with E-state index in [1.165, 1.54) is 0 Å². The van der Waals surface area contributed by atoms with Gasteiger partial charge in [-0.3, -0.25) is 4.79 Å². The number of benzene rings is 1. The van der Waals surface area contributed by atoms with Crippen molar-refractivity contribution in [2.75, 3.05) is 11.9 Å². The summed E-state index contributed by atoms with van der Waals surface area (Å²) in [5, 5.41) is 2.72. The van der Waals surface area contributed by atoms with Crippen LogP contribution in [-0.2, 0) is 4.79 Å². The first-order valence-electron chi connectivity index (χ1n) is 3.99. The Labute approximate surface area is 76.0 Å². The zero-order chi connectivity index (χ0) is 9.26. The predicted molar refractivity (Wildman–Crippen MR) is 50.7 cm³/mol. The first kappa shape index (κ1) is 7.86. The molecule has 0 aromatic heterocycles. The maximum atomic E-state index is 11.0. The van der Waals surface area contributed by atoms with Crippen molar-refractivity contribution in [1.29, 1.82) is 0 Å². The quantitative estimate of drug-likeness (QED) is 0.704. The SMILES string of the molecule is C=Cc1cccc2c1OCC(=O)N2. The van der Waals surface area contributed by atoms with E-state index in [0.717, 1.165) is 5.56 Å². The van der Waals surface area contributed by atoms with E-state index >= 15 is 0 Å². The predicted octanol–water partition coefficient (Wildman–Crippen LogP) is 1.66. The normalized spacial score (nSPS) is 14.0. The Bertz CT molecular complexity index is 371. The van der Waals surface area contributed by atoms with Crippen molar-refractivity contribution in [1.82, 2.24) is 0 Å². The average molecular weight is 175 g/mol. The molecule has 0 aliphatic carbocycles. The van der Waals surface area contributed by atoms with Crippen LogP contribution in [0.2, 0.25) is 0 Å². The van der Waals surface area contributed by atoms with E-state index in [9.17, 15) is 4.79 Å². The Morgan fingerprint density at radius 1 is 1.54 bits per heavy atom. The largest absolute Gasteiger partial charge is 0.481 e. The topological polar surface area (TPSA) is 38.3 Å². The minimum absolute atomic E-state index is 0.0812. The molecule has 0 radical (unpaired) electrons. The molecular weight excluding hydrogens is 166 g/mol. The number of carbonyl (C=O) groups is 1. The molecule has 1 aliphatic heterocycles. The zero-order valence-electron chi connectivity index (χ0n) is 7.04. The third-order valence-corrected chi connectivity index (χ3v) is 1.89. The van der Waals surface area contributed by atoms with Crippen molar-refractivity contribution in [3.63, 3.8) is 0 Å². The summed E-state index contributed by atoms with van der Waals surface area (Å²) in [7, 11) is 0.